The largest absolute Gasteiger partial charge is 0.363 e. The standard InChI is InChI=1S/C21H16N4O5/c1-14-5-2-3-8-19(14)21(27)30-24-17-11-9-16(10-12-17)22-23-20(26)15-6-4-7-18(13-15)25(28)29/h2-13,24H,1H3. The van der Waals surface area contributed by atoms with E-state index < -0.39 is 16.8 Å². The Balaban J connectivity index is 1.59. The van der Waals surface area contributed by atoms with Crippen molar-refractivity contribution >= 4 is 28.9 Å². The summed E-state index contributed by atoms with van der Waals surface area (Å²) in [5, 5.41) is 18.2. The predicted molar refractivity (Wildman–Crippen MR) is 109 cm³/mol. The van der Waals surface area contributed by atoms with E-state index >= 15 is 0 Å². The van der Waals surface area contributed by atoms with Crippen LogP contribution in [0.25, 0.3) is 0 Å². The van der Waals surface area contributed by atoms with E-state index in [0.717, 1.165) is 11.6 Å². The molecule has 0 fully saturated rings. The van der Waals surface area contributed by atoms with Gasteiger partial charge in [0.1, 0.15) is 0 Å². The number of hydrogen-bond acceptors (Lipinski definition) is 7. The Morgan fingerprint density at radius 3 is 2.43 bits per heavy atom. The van der Waals surface area contributed by atoms with E-state index in [2.05, 4.69) is 15.7 Å². The van der Waals surface area contributed by atoms with Crippen molar-refractivity contribution in [2.45, 2.75) is 6.92 Å². The average Bonchev–Trinajstić information content (AvgIpc) is 2.77. The fourth-order valence-electron chi connectivity index (χ4n) is 2.47. The quantitative estimate of drug-likeness (QED) is 0.350. The second-order valence-electron chi connectivity index (χ2n) is 6.17. The number of rotatable bonds is 6. The number of nitrogens with zero attached hydrogens (tertiary/aromatic N) is 3. The molecular weight excluding hydrogens is 388 g/mol. The molecule has 150 valence electrons. The molecule has 3 rings (SSSR count). The van der Waals surface area contributed by atoms with Gasteiger partial charge in [0, 0.05) is 12.1 Å². The first-order valence-corrected chi connectivity index (χ1v) is 8.77. The highest BCUT2D eigenvalue weighted by molar-refractivity contribution is 5.95. The molecule has 0 unspecified atom stereocenters. The highest BCUT2D eigenvalue weighted by Crippen LogP contribution is 2.19. The molecule has 0 radical (unpaired) electrons. The van der Waals surface area contributed by atoms with Crippen molar-refractivity contribution in [2.24, 2.45) is 10.2 Å². The van der Waals surface area contributed by atoms with Gasteiger partial charge in [0.2, 0.25) is 0 Å². The number of anilines is 1. The van der Waals surface area contributed by atoms with Crippen molar-refractivity contribution in [3.05, 3.63) is 99.6 Å². The van der Waals surface area contributed by atoms with Crippen molar-refractivity contribution in [1.82, 2.24) is 0 Å². The predicted octanol–water partition coefficient (Wildman–Crippen LogP) is 5.01. The summed E-state index contributed by atoms with van der Waals surface area (Å²) in [6.07, 6.45) is 0. The summed E-state index contributed by atoms with van der Waals surface area (Å²) in [5.41, 5.74) is 4.55. The number of nitro groups is 1. The Morgan fingerprint density at radius 1 is 1.00 bits per heavy atom. The van der Waals surface area contributed by atoms with Crippen LogP contribution in [-0.4, -0.2) is 16.8 Å². The molecule has 9 heteroatoms. The fraction of sp³-hybridized carbons (Fsp3) is 0.0476. The van der Waals surface area contributed by atoms with Gasteiger partial charge in [-0.25, -0.2) is 10.3 Å². The van der Waals surface area contributed by atoms with Gasteiger partial charge < -0.3 is 4.84 Å². The van der Waals surface area contributed by atoms with E-state index in [1.807, 2.05) is 19.1 Å². The van der Waals surface area contributed by atoms with Crippen LogP contribution in [0.2, 0.25) is 0 Å². The molecule has 3 aromatic carbocycles. The van der Waals surface area contributed by atoms with Crippen molar-refractivity contribution < 1.29 is 19.3 Å². The molecule has 1 N–H and O–H groups in total. The number of nitro benzene ring substituents is 1. The van der Waals surface area contributed by atoms with E-state index in [-0.39, 0.29) is 11.3 Å². The van der Waals surface area contributed by atoms with Crippen LogP contribution in [0.5, 0.6) is 0 Å². The van der Waals surface area contributed by atoms with Crippen LogP contribution in [0.4, 0.5) is 17.1 Å². The maximum atomic E-state index is 12.1. The first kappa shape index (κ1) is 20.3. The third-order valence-corrected chi connectivity index (χ3v) is 4.05. The molecule has 0 spiro atoms. The Labute approximate surface area is 171 Å². The zero-order valence-corrected chi connectivity index (χ0v) is 15.8. The topological polar surface area (TPSA) is 123 Å². The zero-order chi connectivity index (χ0) is 21.5. The van der Waals surface area contributed by atoms with Crippen LogP contribution in [-0.2, 0) is 4.84 Å². The summed E-state index contributed by atoms with van der Waals surface area (Å²) in [5.74, 6) is -1.22. The van der Waals surface area contributed by atoms with Crippen LogP contribution in [0.1, 0.15) is 26.3 Å². The van der Waals surface area contributed by atoms with Crippen LogP contribution in [0.3, 0.4) is 0 Å². The fourth-order valence-corrected chi connectivity index (χ4v) is 2.47. The van der Waals surface area contributed by atoms with E-state index in [0.29, 0.717) is 16.9 Å². The molecule has 1 amide bonds. The molecular formula is C21H16N4O5. The van der Waals surface area contributed by atoms with Gasteiger partial charge in [0.25, 0.3) is 11.6 Å². The zero-order valence-electron chi connectivity index (χ0n) is 15.8. The number of benzene rings is 3. The number of amides is 1. The molecule has 0 aliphatic rings. The molecule has 0 aromatic heterocycles. The number of aryl methyl sites for hydroxylation is 1. The van der Waals surface area contributed by atoms with E-state index in [4.69, 9.17) is 4.84 Å². The van der Waals surface area contributed by atoms with Crippen molar-refractivity contribution in [3.8, 4) is 0 Å². The molecule has 0 aliphatic heterocycles. The number of nitrogens with one attached hydrogen (secondary N) is 1. The molecule has 0 heterocycles. The Kier molecular flexibility index (Phi) is 6.23. The lowest BCUT2D eigenvalue weighted by Gasteiger charge is -2.08. The highest BCUT2D eigenvalue weighted by atomic mass is 16.7. The van der Waals surface area contributed by atoms with Crippen LogP contribution < -0.4 is 5.48 Å². The van der Waals surface area contributed by atoms with Crippen molar-refractivity contribution in [1.29, 1.82) is 0 Å². The third kappa shape index (κ3) is 5.10. The SMILES string of the molecule is Cc1ccccc1C(=O)ONc1ccc(N=NC(=O)c2cccc([N+](=O)[O-])c2)cc1. The lowest BCUT2D eigenvalue weighted by Crippen LogP contribution is -2.11. The second-order valence-corrected chi connectivity index (χ2v) is 6.17. The number of non-ortho nitro benzene ring substituents is 1. The number of hydrogen-bond donors (Lipinski definition) is 1. The minimum Gasteiger partial charge on any atom is -0.338 e. The minimum atomic E-state index is -0.701. The second kappa shape index (κ2) is 9.20. The molecule has 0 atom stereocenters. The van der Waals surface area contributed by atoms with E-state index in [9.17, 15) is 19.7 Å². The lowest BCUT2D eigenvalue weighted by molar-refractivity contribution is -0.384. The molecule has 9 nitrogen and oxygen atoms in total. The smallest absolute Gasteiger partial charge is 0.338 e. The minimum absolute atomic E-state index is 0.0642. The van der Waals surface area contributed by atoms with Crippen molar-refractivity contribution in [2.75, 3.05) is 5.48 Å². The van der Waals surface area contributed by atoms with Gasteiger partial charge in [-0.1, -0.05) is 24.3 Å². The summed E-state index contributed by atoms with van der Waals surface area (Å²) < 4.78 is 0. The van der Waals surface area contributed by atoms with Crippen LogP contribution >= 0.6 is 0 Å². The van der Waals surface area contributed by atoms with Gasteiger partial charge in [-0.15, -0.1) is 10.2 Å². The maximum absolute atomic E-state index is 12.1. The molecule has 0 saturated heterocycles. The summed E-state index contributed by atoms with van der Waals surface area (Å²) in [4.78, 5) is 39.4. The van der Waals surface area contributed by atoms with Gasteiger partial charge in [-0.2, -0.15) is 0 Å². The molecule has 0 saturated carbocycles. The summed E-state index contributed by atoms with van der Waals surface area (Å²) in [6, 6.07) is 18.6. The highest BCUT2D eigenvalue weighted by Gasteiger charge is 2.11. The van der Waals surface area contributed by atoms with Gasteiger partial charge in [-0.05, 0) is 48.9 Å². The third-order valence-electron chi connectivity index (χ3n) is 4.05. The van der Waals surface area contributed by atoms with Gasteiger partial charge in [0.05, 0.1) is 27.4 Å². The lowest BCUT2D eigenvalue weighted by atomic mass is 10.1. The normalized spacial score (nSPS) is 10.6. The van der Waals surface area contributed by atoms with Gasteiger partial charge in [0.15, 0.2) is 0 Å². The molecule has 0 bridgehead atoms. The number of azo groups is 1. The number of carbonyl (C=O) groups is 2. The summed E-state index contributed by atoms with van der Waals surface area (Å²) in [6.45, 7) is 1.81. The van der Waals surface area contributed by atoms with Gasteiger partial charge in [-0.3, -0.25) is 14.9 Å². The Morgan fingerprint density at radius 2 is 1.73 bits per heavy atom. The summed E-state index contributed by atoms with van der Waals surface area (Å²) in [7, 11) is 0. The van der Waals surface area contributed by atoms with Crippen molar-refractivity contribution in [3.63, 3.8) is 0 Å². The Bertz CT molecular complexity index is 1130. The molecule has 0 aliphatic carbocycles. The first-order chi connectivity index (χ1) is 14.4. The monoisotopic (exact) mass is 404 g/mol. The van der Waals surface area contributed by atoms with Crippen LogP contribution in [0, 0.1) is 17.0 Å². The number of carbonyl (C=O) groups excluding carboxylic acids is 2. The molecule has 30 heavy (non-hydrogen) atoms. The molecule has 3 aromatic rings. The maximum Gasteiger partial charge on any atom is 0.363 e. The Hall–Kier alpha value is -4.40. The summed E-state index contributed by atoms with van der Waals surface area (Å²) >= 11 is 0. The van der Waals surface area contributed by atoms with Gasteiger partial charge >= 0.3 is 5.97 Å². The van der Waals surface area contributed by atoms with Crippen LogP contribution in [0.15, 0.2) is 83.0 Å². The van der Waals surface area contributed by atoms with E-state index in [1.165, 1.54) is 18.2 Å². The average molecular weight is 404 g/mol. The first-order valence-electron chi connectivity index (χ1n) is 8.77. The van der Waals surface area contributed by atoms with E-state index in [1.54, 1.807) is 36.4 Å².